The third-order valence-electron chi connectivity index (χ3n) is 2.96. The minimum atomic E-state index is 0.272. The van der Waals surface area contributed by atoms with Crippen LogP contribution in [0.5, 0.6) is 0 Å². The average molecular weight is 278 g/mol. The second-order valence-electron chi connectivity index (χ2n) is 4.17. The number of rotatable bonds is 4. The lowest BCUT2D eigenvalue weighted by molar-refractivity contribution is 0.562. The number of nitrogens with zero attached hydrogens (tertiary/aromatic N) is 3. The lowest BCUT2D eigenvalue weighted by atomic mass is 10.3. The summed E-state index contributed by atoms with van der Waals surface area (Å²) in [5, 5.41) is 8.70. The lowest BCUT2D eigenvalue weighted by Crippen LogP contribution is -2.19. The van der Waals surface area contributed by atoms with Gasteiger partial charge in [0.1, 0.15) is 5.01 Å². The molecule has 0 aliphatic heterocycles. The summed E-state index contributed by atoms with van der Waals surface area (Å²) in [5.74, 6) is 0. The van der Waals surface area contributed by atoms with Crippen molar-refractivity contribution in [1.82, 2.24) is 19.7 Å². The molecule has 0 saturated heterocycles. The third kappa shape index (κ3) is 2.07. The molecule has 0 aliphatic rings. The first-order valence-electron chi connectivity index (χ1n) is 5.79. The van der Waals surface area contributed by atoms with Crippen LogP contribution < -0.4 is 5.32 Å². The molecule has 0 saturated carbocycles. The summed E-state index contributed by atoms with van der Waals surface area (Å²) in [6.45, 7) is 5.01. The maximum atomic E-state index is 4.54. The highest BCUT2D eigenvalue weighted by molar-refractivity contribution is 7.15. The number of aromatic nitrogens is 3. The first kappa shape index (κ1) is 11.8. The first-order chi connectivity index (χ1) is 8.75. The van der Waals surface area contributed by atoms with Crippen molar-refractivity contribution in [3.8, 4) is 0 Å². The van der Waals surface area contributed by atoms with Crippen molar-refractivity contribution in [2.75, 3.05) is 0 Å². The largest absolute Gasteiger partial charge is 0.302 e. The van der Waals surface area contributed by atoms with Crippen LogP contribution in [-0.4, -0.2) is 14.4 Å². The number of hydrogen-bond donors (Lipinski definition) is 1. The molecule has 3 aromatic rings. The highest BCUT2D eigenvalue weighted by Gasteiger charge is 2.12. The van der Waals surface area contributed by atoms with Crippen LogP contribution in [-0.2, 0) is 6.54 Å². The van der Waals surface area contributed by atoms with Crippen LogP contribution in [0, 0.1) is 6.92 Å². The van der Waals surface area contributed by atoms with Crippen molar-refractivity contribution >= 4 is 27.6 Å². The zero-order valence-electron chi connectivity index (χ0n) is 10.3. The molecule has 94 valence electrons. The Balaban J connectivity index is 1.76. The van der Waals surface area contributed by atoms with Gasteiger partial charge < -0.3 is 5.32 Å². The lowest BCUT2D eigenvalue weighted by Gasteiger charge is -2.10. The number of aryl methyl sites for hydroxylation is 1. The van der Waals surface area contributed by atoms with Gasteiger partial charge in [-0.3, -0.25) is 4.40 Å². The Kier molecular flexibility index (Phi) is 3.15. The van der Waals surface area contributed by atoms with E-state index in [2.05, 4.69) is 45.1 Å². The van der Waals surface area contributed by atoms with Gasteiger partial charge in [-0.1, -0.05) is 0 Å². The van der Waals surface area contributed by atoms with Gasteiger partial charge in [0, 0.05) is 29.7 Å². The Morgan fingerprint density at radius 1 is 1.39 bits per heavy atom. The van der Waals surface area contributed by atoms with Crippen LogP contribution in [0.15, 0.2) is 23.2 Å². The monoisotopic (exact) mass is 278 g/mol. The molecule has 1 atom stereocenters. The summed E-state index contributed by atoms with van der Waals surface area (Å²) in [7, 11) is 0. The van der Waals surface area contributed by atoms with Crippen LogP contribution in [0.4, 0.5) is 0 Å². The SMILES string of the molecule is Cc1nc2sccn2c1CNC(C)c1nccs1. The Morgan fingerprint density at radius 2 is 2.28 bits per heavy atom. The molecular weight excluding hydrogens is 264 g/mol. The van der Waals surface area contributed by atoms with Crippen LogP contribution in [0.3, 0.4) is 0 Å². The molecule has 4 nitrogen and oxygen atoms in total. The van der Waals surface area contributed by atoms with Gasteiger partial charge in [-0.15, -0.1) is 22.7 Å². The van der Waals surface area contributed by atoms with Crippen LogP contribution in [0.2, 0.25) is 0 Å². The zero-order valence-corrected chi connectivity index (χ0v) is 11.9. The first-order valence-corrected chi connectivity index (χ1v) is 7.55. The summed E-state index contributed by atoms with van der Waals surface area (Å²) < 4.78 is 2.15. The Labute approximate surface area is 113 Å². The Hall–Kier alpha value is -1.24. The zero-order chi connectivity index (χ0) is 12.5. The minimum Gasteiger partial charge on any atom is -0.302 e. The normalized spacial score (nSPS) is 13.2. The summed E-state index contributed by atoms with van der Waals surface area (Å²) in [6.07, 6.45) is 3.92. The van der Waals surface area contributed by atoms with Gasteiger partial charge in [-0.2, -0.15) is 0 Å². The number of imidazole rings is 1. The fourth-order valence-electron chi connectivity index (χ4n) is 1.94. The Bertz CT molecular complexity index is 638. The van der Waals surface area contributed by atoms with Gasteiger partial charge in [0.25, 0.3) is 0 Å². The number of hydrogen-bond acceptors (Lipinski definition) is 5. The van der Waals surface area contributed by atoms with E-state index in [4.69, 9.17) is 0 Å². The summed E-state index contributed by atoms with van der Waals surface area (Å²) in [5.41, 5.74) is 2.33. The second kappa shape index (κ2) is 4.79. The standard InChI is InChI=1S/C12H14N4S2/c1-8-10(16-4-6-18-12(16)15-8)7-14-9(2)11-13-3-5-17-11/h3-6,9,14H,7H2,1-2H3. The second-order valence-corrected chi connectivity index (χ2v) is 5.97. The van der Waals surface area contributed by atoms with Gasteiger partial charge in [0.15, 0.2) is 4.96 Å². The van der Waals surface area contributed by atoms with Crippen LogP contribution in [0.1, 0.15) is 29.4 Å². The molecular formula is C12H14N4S2. The van der Waals surface area contributed by atoms with Crippen molar-refractivity contribution in [3.63, 3.8) is 0 Å². The van der Waals surface area contributed by atoms with E-state index in [1.807, 2.05) is 11.6 Å². The predicted molar refractivity (Wildman–Crippen MR) is 75.2 cm³/mol. The van der Waals surface area contributed by atoms with Crippen LogP contribution >= 0.6 is 22.7 Å². The van der Waals surface area contributed by atoms with Crippen molar-refractivity contribution in [2.45, 2.75) is 26.4 Å². The van der Waals surface area contributed by atoms with Crippen molar-refractivity contribution in [2.24, 2.45) is 0 Å². The van der Waals surface area contributed by atoms with E-state index in [1.165, 1.54) is 5.69 Å². The van der Waals surface area contributed by atoms with E-state index in [0.29, 0.717) is 0 Å². The van der Waals surface area contributed by atoms with Crippen LogP contribution in [0.25, 0.3) is 4.96 Å². The van der Waals surface area contributed by atoms with Crippen molar-refractivity contribution < 1.29 is 0 Å². The molecule has 6 heteroatoms. The molecule has 0 fully saturated rings. The quantitative estimate of drug-likeness (QED) is 0.797. The number of nitrogens with one attached hydrogen (secondary N) is 1. The molecule has 0 radical (unpaired) electrons. The number of thiazole rings is 2. The fraction of sp³-hybridized carbons (Fsp3) is 0.333. The fourth-order valence-corrected chi connectivity index (χ4v) is 3.39. The van der Waals surface area contributed by atoms with Gasteiger partial charge >= 0.3 is 0 Å². The van der Waals surface area contributed by atoms with Gasteiger partial charge in [-0.05, 0) is 13.8 Å². The molecule has 0 aromatic carbocycles. The minimum absolute atomic E-state index is 0.272. The molecule has 1 unspecified atom stereocenters. The highest BCUT2D eigenvalue weighted by Crippen LogP contribution is 2.19. The topological polar surface area (TPSA) is 42.2 Å². The third-order valence-corrected chi connectivity index (χ3v) is 4.67. The van der Waals surface area contributed by atoms with E-state index in [9.17, 15) is 0 Å². The summed E-state index contributed by atoms with van der Waals surface area (Å²) in [6, 6.07) is 0.272. The van der Waals surface area contributed by atoms with E-state index in [-0.39, 0.29) is 6.04 Å². The Morgan fingerprint density at radius 3 is 3.06 bits per heavy atom. The molecule has 0 spiro atoms. The van der Waals surface area contributed by atoms with Gasteiger partial charge in [-0.25, -0.2) is 9.97 Å². The average Bonchev–Trinajstić information content (AvgIpc) is 3.02. The van der Waals surface area contributed by atoms with E-state index in [0.717, 1.165) is 22.2 Å². The van der Waals surface area contributed by atoms with Crippen molar-refractivity contribution in [1.29, 1.82) is 0 Å². The van der Waals surface area contributed by atoms with E-state index >= 15 is 0 Å². The molecule has 18 heavy (non-hydrogen) atoms. The maximum Gasteiger partial charge on any atom is 0.194 e. The van der Waals surface area contributed by atoms with E-state index < -0.39 is 0 Å². The number of fused-ring (bicyclic) bond motifs is 1. The maximum absolute atomic E-state index is 4.54. The molecule has 0 bridgehead atoms. The molecule has 3 rings (SSSR count). The summed E-state index contributed by atoms with van der Waals surface area (Å²) >= 11 is 3.35. The van der Waals surface area contributed by atoms with Gasteiger partial charge in [0.05, 0.1) is 17.4 Å². The van der Waals surface area contributed by atoms with Crippen molar-refractivity contribution in [3.05, 3.63) is 39.5 Å². The molecule has 1 N–H and O–H groups in total. The predicted octanol–water partition coefficient (Wildman–Crippen LogP) is 3.01. The molecule has 3 heterocycles. The molecule has 0 amide bonds. The smallest absolute Gasteiger partial charge is 0.194 e. The molecule has 3 aromatic heterocycles. The highest BCUT2D eigenvalue weighted by atomic mass is 32.1. The summed E-state index contributed by atoms with van der Waals surface area (Å²) in [4.78, 5) is 9.93. The molecule has 0 aliphatic carbocycles. The van der Waals surface area contributed by atoms with Gasteiger partial charge in [0.2, 0.25) is 0 Å². The van der Waals surface area contributed by atoms with E-state index in [1.54, 1.807) is 22.7 Å².